The SMILES string of the molecule is Cc1cc(C)c([N+](=O)[O-])cc1OCC(=N)N. The fourth-order valence-corrected chi connectivity index (χ4v) is 1.33. The highest BCUT2D eigenvalue weighted by atomic mass is 16.6. The molecule has 86 valence electrons. The largest absolute Gasteiger partial charge is 0.485 e. The molecular weight excluding hydrogens is 210 g/mol. The van der Waals surface area contributed by atoms with Gasteiger partial charge in [-0.2, -0.15) is 0 Å². The minimum Gasteiger partial charge on any atom is -0.485 e. The molecule has 0 aliphatic rings. The lowest BCUT2D eigenvalue weighted by molar-refractivity contribution is -0.385. The van der Waals surface area contributed by atoms with Crippen LogP contribution in [0.5, 0.6) is 5.75 Å². The molecule has 0 atom stereocenters. The average molecular weight is 223 g/mol. The Bertz CT molecular complexity index is 443. The third-order valence-electron chi connectivity index (χ3n) is 2.07. The summed E-state index contributed by atoms with van der Waals surface area (Å²) >= 11 is 0. The zero-order valence-corrected chi connectivity index (χ0v) is 9.11. The number of ether oxygens (including phenoxy) is 1. The van der Waals surface area contributed by atoms with Crippen molar-refractivity contribution in [2.75, 3.05) is 6.61 Å². The van der Waals surface area contributed by atoms with E-state index in [4.69, 9.17) is 15.9 Å². The van der Waals surface area contributed by atoms with Crippen molar-refractivity contribution >= 4 is 11.5 Å². The van der Waals surface area contributed by atoms with Crippen LogP contribution in [0.1, 0.15) is 11.1 Å². The number of amidine groups is 1. The third-order valence-corrected chi connectivity index (χ3v) is 2.07. The van der Waals surface area contributed by atoms with E-state index in [0.717, 1.165) is 5.56 Å². The van der Waals surface area contributed by atoms with E-state index in [-0.39, 0.29) is 18.1 Å². The Labute approximate surface area is 92.7 Å². The van der Waals surface area contributed by atoms with Crippen LogP contribution in [0.15, 0.2) is 12.1 Å². The van der Waals surface area contributed by atoms with Crippen molar-refractivity contribution in [2.45, 2.75) is 13.8 Å². The summed E-state index contributed by atoms with van der Waals surface area (Å²) in [6.45, 7) is 3.38. The molecule has 3 N–H and O–H groups in total. The number of hydrogen-bond donors (Lipinski definition) is 2. The summed E-state index contributed by atoms with van der Waals surface area (Å²) in [5.74, 6) is 0.259. The Kier molecular flexibility index (Phi) is 3.44. The van der Waals surface area contributed by atoms with Crippen LogP contribution in [-0.4, -0.2) is 17.4 Å². The second-order valence-electron chi connectivity index (χ2n) is 3.48. The standard InChI is InChI=1S/C10H13N3O3/c1-6-3-7(2)9(16-5-10(11)12)4-8(6)13(14)15/h3-4H,5H2,1-2H3,(H3,11,12). The lowest BCUT2D eigenvalue weighted by Gasteiger charge is -2.09. The molecule has 0 saturated heterocycles. The van der Waals surface area contributed by atoms with Crippen molar-refractivity contribution in [2.24, 2.45) is 5.73 Å². The van der Waals surface area contributed by atoms with E-state index in [9.17, 15) is 10.1 Å². The summed E-state index contributed by atoms with van der Waals surface area (Å²) in [5.41, 5.74) is 6.51. The van der Waals surface area contributed by atoms with Crippen LogP contribution in [0.2, 0.25) is 0 Å². The molecule has 1 aromatic rings. The van der Waals surface area contributed by atoms with Crippen LogP contribution < -0.4 is 10.5 Å². The van der Waals surface area contributed by atoms with Crippen LogP contribution in [0.4, 0.5) is 5.69 Å². The predicted octanol–water partition coefficient (Wildman–Crippen LogP) is 1.53. The second-order valence-corrected chi connectivity index (χ2v) is 3.48. The first-order valence-corrected chi connectivity index (χ1v) is 4.63. The van der Waals surface area contributed by atoms with Gasteiger partial charge in [0.25, 0.3) is 5.69 Å². The smallest absolute Gasteiger partial charge is 0.276 e. The Hall–Kier alpha value is -2.11. The highest BCUT2D eigenvalue weighted by Gasteiger charge is 2.14. The Morgan fingerprint density at radius 1 is 1.50 bits per heavy atom. The zero-order chi connectivity index (χ0) is 12.3. The fraction of sp³-hybridized carbons (Fsp3) is 0.300. The van der Waals surface area contributed by atoms with Crippen LogP contribution in [0, 0.1) is 29.4 Å². The number of nitrogens with zero attached hydrogens (tertiary/aromatic N) is 1. The number of nitro benzene ring substituents is 1. The number of nitro groups is 1. The molecular formula is C10H13N3O3. The maximum absolute atomic E-state index is 10.7. The van der Waals surface area contributed by atoms with Crippen molar-refractivity contribution in [1.82, 2.24) is 0 Å². The molecule has 16 heavy (non-hydrogen) atoms. The molecule has 0 spiro atoms. The Morgan fingerprint density at radius 2 is 2.12 bits per heavy atom. The van der Waals surface area contributed by atoms with Gasteiger partial charge in [0.2, 0.25) is 0 Å². The van der Waals surface area contributed by atoms with Crippen LogP contribution >= 0.6 is 0 Å². The van der Waals surface area contributed by atoms with Gasteiger partial charge in [-0.3, -0.25) is 15.5 Å². The van der Waals surface area contributed by atoms with Gasteiger partial charge in [-0.15, -0.1) is 0 Å². The molecule has 0 fully saturated rings. The van der Waals surface area contributed by atoms with E-state index in [1.165, 1.54) is 6.07 Å². The predicted molar refractivity (Wildman–Crippen MR) is 60.0 cm³/mol. The molecule has 0 radical (unpaired) electrons. The van der Waals surface area contributed by atoms with Gasteiger partial charge >= 0.3 is 0 Å². The van der Waals surface area contributed by atoms with Gasteiger partial charge in [-0.25, -0.2) is 0 Å². The van der Waals surface area contributed by atoms with Gasteiger partial charge in [-0.05, 0) is 25.5 Å². The lowest BCUT2D eigenvalue weighted by atomic mass is 10.1. The van der Waals surface area contributed by atoms with Gasteiger partial charge in [0.1, 0.15) is 18.2 Å². The minimum absolute atomic E-state index is 0.00384. The summed E-state index contributed by atoms with van der Waals surface area (Å²) in [4.78, 5) is 10.2. The minimum atomic E-state index is -0.463. The van der Waals surface area contributed by atoms with E-state index in [2.05, 4.69) is 0 Å². The van der Waals surface area contributed by atoms with Gasteiger partial charge in [0, 0.05) is 5.56 Å². The molecule has 1 rings (SSSR count). The van der Waals surface area contributed by atoms with Crippen molar-refractivity contribution in [3.05, 3.63) is 33.4 Å². The summed E-state index contributed by atoms with van der Waals surface area (Å²) in [6.07, 6.45) is 0. The average Bonchev–Trinajstić information content (AvgIpc) is 2.15. The first-order chi connectivity index (χ1) is 7.41. The topological polar surface area (TPSA) is 102 Å². The van der Waals surface area contributed by atoms with Crippen molar-refractivity contribution < 1.29 is 9.66 Å². The zero-order valence-electron chi connectivity index (χ0n) is 9.11. The molecule has 0 aromatic heterocycles. The van der Waals surface area contributed by atoms with Crippen LogP contribution in [-0.2, 0) is 0 Å². The van der Waals surface area contributed by atoms with Crippen LogP contribution in [0.3, 0.4) is 0 Å². The molecule has 0 heterocycles. The Morgan fingerprint density at radius 3 is 2.62 bits per heavy atom. The number of nitrogens with one attached hydrogen (secondary N) is 1. The molecule has 1 aromatic carbocycles. The monoisotopic (exact) mass is 223 g/mol. The van der Waals surface area contributed by atoms with E-state index >= 15 is 0 Å². The summed E-state index contributed by atoms with van der Waals surface area (Å²) in [7, 11) is 0. The second kappa shape index (κ2) is 4.61. The van der Waals surface area contributed by atoms with E-state index in [1.54, 1.807) is 19.9 Å². The van der Waals surface area contributed by atoms with Gasteiger partial charge < -0.3 is 10.5 Å². The number of aryl methyl sites for hydroxylation is 2. The molecule has 6 nitrogen and oxygen atoms in total. The summed E-state index contributed by atoms with van der Waals surface area (Å²) in [5, 5.41) is 17.7. The first kappa shape index (κ1) is 12.0. The van der Waals surface area contributed by atoms with Crippen molar-refractivity contribution in [3.63, 3.8) is 0 Å². The molecule has 6 heteroatoms. The van der Waals surface area contributed by atoms with Crippen LogP contribution in [0.25, 0.3) is 0 Å². The Balaban J connectivity index is 3.05. The van der Waals surface area contributed by atoms with E-state index in [0.29, 0.717) is 11.3 Å². The molecule has 0 aliphatic heterocycles. The highest BCUT2D eigenvalue weighted by Crippen LogP contribution is 2.27. The third kappa shape index (κ3) is 2.69. The highest BCUT2D eigenvalue weighted by molar-refractivity contribution is 5.78. The van der Waals surface area contributed by atoms with E-state index in [1.807, 2.05) is 0 Å². The first-order valence-electron chi connectivity index (χ1n) is 4.63. The maximum atomic E-state index is 10.7. The number of nitrogens with two attached hydrogens (primary N) is 1. The van der Waals surface area contributed by atoms with E-state index < -0.39 is 4.92 Å². The number of hydrogen-bond acceptors (Lipinski definition) is 4. The van der Waals surface area contributed by atoms with Gasteiger partial charge in [0.15, 0.2) is 0 Å². The van der Waals surface area contributed by atoms with Gasteiger partial charge in [-0.1, -0.05) is 0 Å². The van der Waals surface area contributed by atoms with Crippen molar-refractivity contribution in [1.29, 1.82) is 5.41 Å². The fourth-order valence-electron chi connectivity index (χ4n) is 1.33. The molecule has 0 unspecified atom stereocenters. The molecule has 0 aliphatic carbocycles. The molecule has 0 saturated carbocycles. The van der Waals surface area contributed by atoms with Gasteiger partial charge in [0.05, 0.1) is 11.0 Å². The quantitative estimate of drug-likeness (QED) is 0.349. The number of benzene rings is 1. The normalized spacial score (nSPS) is 9.88. The molecule has 0 bridgehead atoms. The molecule has 0 amide bonds. The summed E-state index contributed by atoms with van der Waals surface area (Å²) in [6, 6.07) is 3.03. The maximum Gasteiger partial charge on any atom is 0.276 e. The summed E-state index contributed by atoms with van der Waals surface area (Å²) < 4.78 is 5.19. The lowest BCUT2D eigenvalue weighted by Crippen LogP contribution is -2.19. The number of rotatable bonds is 4. The van der Waals surface area contributed by atoms with Crippen molar-refractivity contribution in [3.8, 4) is 5.75 Å².